The predicted octanol–water partition coefficient (Wildman–Crippen LogP) is 0.854. The van der Waals surface area contributed by atoms with Crippen molar-refractivity contribution in [3.05, 3.63) is 0 Å². The Morgan fingerprint density at radius 1 is 0.778 bits per heavy atom. The number of hydrogen-bond acceptors (Lipinski definition) is 8. The smallest absolute Gasteiger partial charge is 0.407 e. The molecule has 3 atom stereocenters. The van der Waals surface area contributed by atoms with Gasteiger partial charge in [-0.3, -0.25) is 9.59 Å². The van der Waals surface area contributed by atoms with E-state index in [0.717, 1.165) is 0 Å². The molecule has 0 radical (unpaired) electrons. The van der Waals surface area contributed by atoms with Crippen LogP contribution in [-0.4, -0.2) is 77.5 Å². The van der Waals surface area contributed by atoms with E-state index in [1.54, 1.807) is 55.4 Å². The third-order valence-electron chi connectivity index (χ3n) is 4.42. The van der Waals surface area contributed by atoms with Gasteiger partial charge in [-0.1, -0.05) is 13.8 Å². The van der Waals surface area contributed by atoms with Gasteiger partial charge < -0.3 is 41.6 Å². The summed E-state index contributed by atoms with van der Waals surface area (Å²) in [5, 5.41) is 19.3. The molecule has 0 aromatic rings. The number of nitrogens with two attached hydrogens (primary N) is 1. The molecule has 0 aliphatic rings. The molecule has 7 N–H and O–H groups in total. The molecule has 0 saturated carbocycles. The number of hydrogen-bond donors (Lipinski definition) is 6. The van der Waals surface area contributed by atoms with Crippen molar-refractivity contribution in [2.24, 2.45) is 11.7 Å². The predicted molar refractivity (Wildman–Crippen MR) is 132 cm³/mol. The number of carboxylic acid groups (broad SMARTS) is 1. The van der Waals surface area contributed by atoms with Gasteiger partial charge in [0.15, 0.2) is 0 Å². The van der Waals surface area contributed by atoms with Crippen LogP contribution in [0, 0.1) is 5.92 Å². The molecule has 0 fully saturated rings. The normalized spacial score (nSPS) is 14.2. The minimum atomic E-state index is -1.31. The third-order valence-corrected chi connectivity index (χ3v) is 4.42. The fraction of sp³-hybridized carbons (Fsp3) is 0.783. The molecule has 0 aliphatic carbocycles. The summed E-state index contributed by atoms with van der Waals surface area (Å²) in [6.45, 7) is 13.6. The van der Waals surface area contributed by atoms with Crippen LogP contribution >= 0.6 is 0 Å². The number of ether oxygens (including phenoxy) is 2. The first-order valence-corrected chi connectivity index (χ1v) is 11.8. The van der Waals surface area contributed by atoms with Crippen molar-refractivity contribution in [3.63, 3.8) is 0 Å². The molecule has 0 aromatic heterocycles. The van der Waals surface area contributed by atoms with Crippen molar-refractivity contribution in [2.45, 2.75) is 97.6 Å². The van der Waals surface area contributed by atoms with Crippen LogP contribution < -0.4 is 27.0 Å². The summed E-state index contributed by atoms with van der Waals surface area (Å²) in [6, 6.07) is -3.39. The van der Waals surface area contributed by atoms with Crippen molar-refractivity contribution in [1.82, 2.24) is 21.3 Å². The molecule has 0 heterocycles. The highest BCUT2D eigenvalue weighted by Crippen LogP contribution is 2.08. The van der Waals surface area contributed by atoms with E-state index in [9.17, 15) is 29.1 Å². The van der Waals surface area contributed by atoms with Gasteiger partial charge in [-0.15, -0.1) is 0 Å². The van der Waals surface area contributed by atoms with E-state index in [2.05, 4.69) is 21.3 Å². The zero-order valence-electron chi connectivity index (χ0n) is 22.5. The molecule has 13 nitrogen and oxygen atoms in total. The van der Waals surface area contributed by atoms with Gasteiger partial charge in [0, 0.05) is 13.1 Å². The number of amides is 4. The standard InChI is InChI=1S/C23H43N5O8/c1-13(2)16(28-17(29)14(24)9-11-25-20(33)35-22(3,4)5)18(30)27-15(19(31)32)10-12-26-21(34)36-23(6,7)8/h13-16H,9-12,24H2,1-8H3,(H,25,33)(H,26,34)(H,27,30)(H,28,29)(H,31,32)/t14-,15-,16-/m0/s1. The first kappa shape index (κ1) is 32.9. The Balaban J connectivity index is 4.85. The van der Waals surface area contributed by atoms with Crippen LogP contribution in [0.15, 0.2) is 0 Å². The van der Waals surface area contributed by atoms with Crippen molar-refractivity contribution in [1.29, 1.82) is 0 Å². The monoisotopic (exact) mass is 517 g/mol. The highest BCUT2D eigenvalue weighted by molar-refractivity contribution is 5.92. The second-order valence-corrected chi connectivity index (χ2v) is 10.7. The van der Waals surface area contributed by atoms with Gasteiger partial charge in [0.05, 0.1) is 6.04 Å². The summed E-state index contributed by atoms with van der Waals surface area (Å²) in [7, 11) is 0. The average Bonchev–Trinajstić information content (AvgIpc) is 2.67. The van der Waals surface area contributed by atoms with Gasteiger partial charge in [-0.2, -0.15) is 0 Å². The number of alkyl carbamates (subject to hydrolysis) is 2. The van der Waals surface area contributed by atoms with E-state index in [1.165, 1.54) is 0 Å². The second kappa shape index (κ2) is 14.5. The van der Waals surface area contributed by atoms with Crippen LogP contribution in [0.25, 0.3) is 0 Å². The molecule has 0 bridgehead atoms. The summed E-state index contributed by atoms with van der Waals surface area (Å²) >= 11 is 0. The lowest BCUT2D eigenvalue weighted by Crippen LogP contribution is -2.56. The number of carbonyl (C=O) groups excluding carboxylic acids is 4. The van der Waals surface area contributed by atoms with E-state index < -0.39 is 59.3 Å². The van der Waals surface area contributed by atoms with Gasteiger partial charge in [-0.25, -0.2) is 14.4 Å². The molecule has 208 valence electrons. The molecular weight excluding hydrogens is 474 g/mol. The van der Waals surface area contributed by atoms with Crippen molar-refractivity contribution in [2.75, 3.05) is 13.1 Å². The van der Waals surface area contributed by atoms with Crippen LogP contribution in [-0.2, 0) is 23.9 Å². The number of rotatable bonds is 12. The first-order valence-electron chi connectivity index (χ1n) is 11.8. The second-order valence-electron chi connectivity index (χ2n) is 10.7. The Labute approximate surface area is 212 Å². The highest BCUT2D eigenvalue weighted by Gasteiger charge is 2.30. The zero-order valence-corrected chi connectivity index (χ0v) is 22.5. The third kappa shape index (κ3) is 15.0. The number of nitrogens with one attached hydrogen (secondary N) is 4. The van der Waals surface area contributed by atoms with Crippen LogP contribution in [0.4, 0.5) is 9.59 Å². The van der Waals surface area contributed by atoms with E-state index >= 15 is 0 Å². The SMILES string of the molecule is CC(C)[C@H](NC(=O)[C@@H](N)CCNC(=O)OC(C)(C)C)C(=O)N[C@@H](CCNC(=O)OC(C)(C)C)C(=O)O. The maximum atomic E-state index is 12.8. The van der Waals surface area contributed by atoms with Crippen molar-refractivity contribution >= 4 is 30.0 Å². The van der Waals surface area contributed by atoms with Gasteiger partial charge in [0.2, 0.25) is 11.8 Å². The highest BCUT2D eigenvalue weighted by atomic mass is 16.6. The maximum Gasteiger partial charge on any atom is 0.407 e. The molecule has 0 spiro atoms. The topological polar surface area (TPSA) is 198 Å². The molecule has 4 amide bonds. The van der Waals surface area contributed by atoms with E-state index in [1.807, 2.05) is 0 Å². The Morgan fingerprint density at radius 2 is 1.22 bits per heavy atom. The zero-order chi connectivity index (χ0) is 28.3. The molecule has 13 heteroatoms. The molecule has 0 saturated heterocycles. The lowest BCUT2D eigenvalue weighted by Gasteiger charge is -2.25. The van der Waals surface area contributed by atoms with Gasteiger partial charge >= 0.3 is 18.2 Å². The van der Waals surface area contributed by atoms with E-state index in [0.29, 0.717) is 0 Å². The minimum Gasteiger partial charge on any atom is -0.480 e. The molecule has 36 heavy (non-hydrogen) atoms. The molecule has 0 aromatic carbocycles. The Morgan fingerprint density at radius 3 is 1.61 bits per heavy atom. The van der Waals surface area contributed by atoms with Crippen LogP contribution in [0.1, 0.15) is 68.2 Å². The van der Waals surface area contributed by atoms with Crippen molar-refractivity contribution < 1.29 is 38.6 Å². The van der Waals surface area contributed by atoms with Gasteiger partial charge in [0.25, 0.3) is 0 Å². The Kier molecular flexibility index (Phi) is 13.2. The summed E-state index contributed by atoms with van der Waals surface area (Å²) in [6.07, 6.45) is -1.36. The quantitative estimate of drug-likeness (QED) is 0.217. The van der Waals surface area contributed by atoms with E-state index in [4.69, 9.17) is 15.2 Å². The van der Waals surface area contributed by atoms with Crippen LogP contribution in [0.5, 0.6) is 0 Å². The molecule has 0 aliphatic heterocycles. The lowest BCUT2D eigenvalue weighted by atomic mass is 10.0. The van der Waals surface area contributed by atoms with Gasteiger partial charge in [-0.05, 0) is 60.3 Å². The minimum absolute atomic E-state index is 0.0552. The fourth-order valence-corrected chi connectivity index (χ4v) is 2.72. The summed E-state index contributed by atoms with van der Waals surface area (Å²) in [5.74, 6) is -3.01. The Hall–Kier alpha value is -3.09. The summed E-state index contributed by atoms with van der Waals surface area (Å²) < 4.78 is 10.2. The Bertz CT molecular complexity index is 773. The number of aliphatic carboxylic acids is 1. The number of carbonyl (C=O) groups is 5. The summed E-state index contributed by atoms with van der Waals surface area (Å²) in [5.41, 5.74) is 4.51. The number of carboxylic acids is 1. The fourth-order valence-electron chi connectivity index (χ4n) is 2.72. The molecular formula is C23H43N5O8. The van der Waals surface area contributed by atoms with Crippen molar-refractivity contribution in [3.8, 4) is 0 Å². The average molecular weight is 518 g/mol. The molecule has 0 unspecified atom stereocenters. The van der Waals surface area contributed by atoms with E-state index in [-0.39, 0.29) is 31.8 Å². The maximum absolute atomic E-state index is 12.8. The first-order chi connectivity index (χ1) is 16.3. The largest absolute Gasteiger partial charge is 0.480 e. The van der Waals surface area contributed by atoms with Gasteiger partial charge in [0.1, 0.15) is 23.3 Å². The van der Waals surface area contributed by atoms with Crippen LogP contribution in [0.2, 0.25) is 0 Å². The summed E-state index contributed by atoms with van der Waals surface area (Å²) in [4.78, 5) is 60.3. The molecule has 0 rings (SSSR count). The lowest BCUT2D eigenvalue weighted by molar-refractivity contribution is -0.142. The van der Waals surface area contributed by atoms with Crippen LogP contribution in [0.3, 0.4) is 0 Å².